The fourth-order valence-corrected chi connectivity index (χ4v) is 1.41. The van der Waals surface area contributed by atoms with E-state index in [-0.39, 0.29) is 0 Å². The smallest absolute Gasteiger partial charge is 0.185 e. The van der Waals surface area contributed by atoms with Gasteiger partial charge in [0.2, 0.25) is 0 Å². The van der Waals surface area contributed by atoms with Gasteiger partial charge in [0.25, 0.3) is 0 Å². The third-order valence-corrected chi connectivity index (χ3v) is 2.65. The minimum absolute atomic E-state index is 0.465. The fourth-order valence-electron chi connectivity index (χ4n) is 1.41. The summed E-state index contributed by atoms with van der Waals surface area (Å²) in [5.41, 5.74) is -1.50. The predicted molar refractivity (Wildman–Crippen MR) is 46.6 cm³/mol. The molecule has 75 valence electrons. The van der Waals surface area contributed by atoms with Crippen LogP contribution in [0.15, 0.2) is 4.99 Å². The Hall–Kier alpha value is -0.490. The van der Waals surface area contributed by atoms with Gasteiger partial charge in [-0.1, -0.05) is 0 Å². The molecule has 0 amide bonds. The molecule has 0 saturated carbocycles. The summed E-state index contributed by atoms with van der Waals surface area (Å²) < 4.78 is 0. The van der Waals surface area contributed by atoms with E-state index in [1.165, 1.54) is 0 Å². The van der Waals surface area contributed by atoms with Gasteiger partial charge >= 0.3 is 0 Å². The number of aliphatic hydroxyl groups excluding tert-OH is 2. The van der Waals surface area contributed by atoms with Crippen molar-refractivity contribution in [1.82, 2.24) is 5.06 Å². The summed E-state index contributed by atoms with van der Waals surface area (Å²) in [6.07, 6.45) is 0. The van der Waals surface area contributed by atoms with Crippen molar-refractivity contribution in [1.29, 1.82) is 0 Å². The highest BCUT2D eigenvalue weighted by Crippen LogP contribution is 2.33. The topological polar surface area (TPSA) is 76.0 Å². The number of hydrogen-bond donors (Lipinski definition) is 2. The number of aliphatic imine (C=N–C) groups is 1. The Bertz CT molecular complexity index is 234. The molecule has 1 rings (SSSR count). The molecule has 5 nitrogen and oxygen atoms in total. The molecule has 0 aromatic rings. The number of hydroxylamine groups is 2. The van der Waals surface area contributed by atoms with E-state index in [2.05, 4.69) is 4.99 Å². The lowest BCUT2D eigenvalue weighted by molar-refractivity contribution is -0.265. The van der Waals surface area contributed by atoms with Crippen LogP contribution in [0.25, 0.3) is 0 Å². The van der Waals surface area contributed by atoms with Crippen LogP contribution in [-0.4, -0.2) is 45.4 Å². The first-order valence-electron chi connectivity index (χ1n) is 4.17. The van der Waals surface area contributed by atoms with Gasteiger partial charge in [0.15, 0.2) is 5.66 Å². The largest absolute Gasteiger partial charge is 0.392 e. The molecule has 13 heavy (non-hydrogen) atoms. The zero-order valence-electron chi connectivity index (χ0n) is 8.11. The van der Waals surface area contributed by atoms with Crippen LogP contribution in [0, 0.1) is 0 Å². The summed E-state index contributed by atoms with van der Waals surface area (Å²) >= 11 is 0. The molecule has 1 aliphatic heterocycles. The molecular formula is C8H15N2O3. The average molecular weight is 187 g/mol. The maximum Gasteiger partial charge on any atom is 0.185 e. The summed E-state index contributed by atoms with van der Waals surface area (Å²) in [4.78, 5) is 4.02. The Morgan fingerprint density at radius 1 is 1.38 bits per heavy atom. The van der Waals surface area contributed by atoms with Gasteiger partial charge in [-0.3, -0.25) is 4.99 Å². The number of aliphatic hydroxyl groups is 2. The minimum atomic E-state index is -1.38. The summed E-state index contributed by atoms with van der Waals surface area (Å²) in [5.74, 6) is 0. The first-order chi connectivity index (χ1) is 5.90. The van der Waals surface area contributed by atoms with Crippen LogP contribution >= 0.6 is 0 Å². The van der Waals surface area contributed by atoms with Gasteiger partial charge in [-0.15, -0.1) is 10.3 Å². The zero-order chi connectivity index (χ0) is 10.3. The minimum Gasteiger partial charge on any atom is -0.392 e. The molecule has 0 aromatic carbocycles. The van der Waals surface area contributed by atoms with Crippen molar-refractivity contribution in [2.75, 3.05) is 13.2 Å². The second-order valence-electron chi connectivity index (χ2n) is 3.85. The molecule has 0 bridgehead atoms. The number of hydrogen-bond acceptors (Lipinski definition) is 4. The van der Waals surface area contributed by atoms with Crippen LogP contribution in [0.5, 0.6) is 0 Å². The summed E-state index contributed by atoms with van der Waals surface area (Å²) in [5, 5.41) is 30.4. The van der Waals surface area contributed by atoms with Crippen LogP contribution in [0.2, 0.25) is 0 Å². The summed E-state index contributed by atoms with van der Waals surface area (Å²) in [7, 11) is 0. The fraction of sp³-hybridized carbons (Fsp3) is 0.875. The molecule has 1 heterocycles. The van der Waals surface area contributed by atoms with Crippen molar-refractivity contribution in [3.8, 4) is 0 Å². The van der Waals surface area contributed by atoms with Crippen LogP contribution in [-0.2, 0) is 5.21 Å². The molecule has 1 radical (unpaired) electrons. The van der Waals surface area contributed by atoms with Crippen molar-refractivity contribution < 1.29 is 15.4 Å². The van der Waals surface area contributed by atoms with E-state index in [1.54, 1.807) is 20.8 Å². The van der Waals surface area contributed by atoms with E-state index in [0.717, 1.165) is 0 Å². The SMILES string of the molecule is CC1=NC(CO)(CO)N([O])C1(C)C. The predicted octanol–water partition coefficient (Wildman–Crippen LogP) is -0.432. The van der Waals surface area contributed by atoms with Gasteiger partial charge in [0.05, 0.1) is 18.8 Å². The average Bonchev–Trinajstić information content (AvgIpc) is 2.27. The van der Waals surface area contributed by atoms with Gasteiger partial charge in [-0.05, 0) is 20.8 Å². The first-order valence-corrected chi connectivity index (χ1v) is 4.17. The van der Waals surface area contributed by atoms with Crippen molar-refractivity contribution in [2.45, 2.75) is 32.0 Å². The van der Waals surface area contributed by atoms with Crippen molar-refractivity contribution in [3.05, 3.63) is 0 Å². The van der Waals surface area contributed by atoms with Gasteiger partial charge in [0.1, 0.15) is 0 Å². The van der Waals surface area contributed by atoms with Crippen molar-refractivity contribution >= 4 is 5.71 Å². The third-order valence-electron chi connectivity index (χ3n) is 2.65. The molecule has 0 unspecified atom stereocenters. The molecule has 5 heteroatoms. The monoisotopic (exact) mass is 187 g/mol. The van der Waals surface area contributed by atoms with Gasteiger partial charge in [-0.25, -0.2) is 0 Å². The van der Waals surface area contributed by atoms with E-state index in [9.17, 15) is 5.21 Å². The Morgan fingerprint density at radius 2 is 1.85 bits per heavy atom. The molecule has 0 saturated heterocycles. The molecule has 0 fully saturated rings. The molecule has 0 aliphatic carbocycles. The molecule has 0 spiro atoms. The Kier molecular flexibility index (Phi) is 2.46. The van der Waals surface area contributed by atoms with E-state index < -0.39 is 24.4 Å². The Balaban J connectivity index is 3.07. The lowest BCUT2D eigenvalue weighted by atomic mass is 10.00. The molecule has 0 aromatic heterocycles. The lowest BCUT2D eigenvalue weighted by Crippen LogP contribution is -2.55. The van der Waals surface area contributed by atoms with Crippen LogP contribution < -0.4 is 0 Å². The number of rotatable bonds is 2. The van der Waals surface area contributed by atoms with Gasteiger partial charge in [0, 0.05) is 5.71 Å². The first kappa shape index (κ1) is 10.6. The number of nitrogens with zero attached hydrogens (tertiary/aromatic N) is 2. The highest BCUT2D eigenvalue weighted by Gasteiger charge is 2.51. The normalized spacial score (nSPS) is 26.2. The summed E-state index contributed by atoms with van der Waals surface area (Å²) in [6.45, 7) is 4.22. The van der Waals surface area contributed by atoms with E-state index >= 15 is 0 Å². The molecule has 2 N–H and O–H groups in total. The van der Waals surface area contributed by atoms with Crippen LogP contribution in [0.3, 0.4) is 0 Å². The molecular weight excluding hydrogens is 172 g/mol. The van der Waals surface area contributed by atoms with Crippen LogP contribution in [0.1, 0.15) is 20.8 Å². The second kappa shape index (κ2) is 3.02. The van der Waals surface area contributed by atoms with Crippen molar-refractivity contribution in [2.24, 2.45) is 4.99 Å². The highest BCUT2D eigenvalue weighted by molar-refractivity contribution is 5.92. The van der Waals surface area contributed by atoms with E-state index in [1.807, 2.05) is 0 Å². The van der Waals surface area contributed by atoms with E-state index in [4.69, 9.17) is 10.2 Å². The zero-order valence-corrected chi connectivity index (χ0v) is 8.11. The lowest BCUT2D eigenvalue weighted by Gasteiger charge is -2.33. The Labute approximate surface area is 77.3 Å². The summed E-state index contributed by atoms with van der Waals surface area (Å²) in [6, 6.07) is 0. The highest BCUT2D eigenvalue weighted by atomic mass is 16.5. The van der Waals surface area contributed by atoms with Crippen molar-refractivity contribution in [3.63, 3.8) is 0 Å². The van der Waals surface area contributed by atoms with Crippen LogP contribution in [0.4, 0.5) is 0 Å². The van der Waals surface area contributed by atoms with E-state index in [0.29, 0.717) is 10.8 Å². The maximum absolute atomic E-state index is 11.7. The van der Waals surface area contributed by atoms with Gasteiger partial charge in [-0.2, -0.15) is 0 Å². The molecule has 1 aliphatic rings. The third kappa shape index (κ3) is 1.28. The second-order valence-corrected chi connectivity index (χ2v) is 3.85. The van der Waals surface area contributed by atoms with Gasteiger partial charge < -0.3 is 10.2 Å². The quantitative estimate of drug-likeness (QED) is 0.615. The Morgan fingerprint density at radius 3 is 2.00 bits per heavy atom. The molecule has 0 atom stereocenters. The standard InChI is InChI=1S/C8H15N2O3/c1-6-7(2,3)10(13)8(4-11,5-12)9-6/h11-12H,4-5H2,1-3H3. The maximum atomic E-state index is 11.7.